The molecule has 0 aliphatic carbocycles. The van der Waals surface area contributed by atoms with Gasteiger partial charge in [-0.3, -0.25) is 14.9 Å². The summed E-state index contributed by atoms with van der Waals surface area (Å²) in [7, 11) is 0. The van der Waals surface area contributed by atoms with E-state index in [1.165, 1.54) is 0 Å². The van der Waals surface area contributed by atoms with Crippen LogP contribution in [-0.4, -0.2) is 36.7 Å². The van der Waals surface area contributed by atoms with Crippen molar-refractivity contribution < 1.29 is 19.1 Å². The second-order valence-electron chi connectivity index (χ2n) is 4.44. The van der Waals surface area contributed by atoms with Gasteiger partial charge < -0.3 is 9.47 Å². The number of ether oxygens (including phenoxy) is 2. The molecule has 0 aromatic heterocycles. The third kappa shape index (κ3) is 7.23. The van der Waals surface area contributed by atoms with E-state index in [-0.39, 0.29) is 18.5 Å². The Labute approximate surface area is 96.5 Å². The molecule has 5 nitrogen and oxygen atoms in total. The van der Waals surface area contributed by atoms with Crippen molar-refractivity contribution in [1.29, 1.82) is 0 Å². The predicted octanol–water partition coefficient (Wildman–Crippen LogP) is 0.869. The monoisotopic (exact) mass is 231 g/mol. The third-order valence-corrected chi connectivity index (χ3v) is 1.62. The van der Waals surface area contributed by atoms with Crippen LogP contribution in [0.4, 0.5) is 0 Å². The molecule has 0 bridgehead atoms. The molecule has 0 spiro atoms. The Hall–Kier alpha value is -1.10. The van der Waals surface area contributed by atoms with E-state index in [2.05, 4.69) is 5.32 Å². The molecule has 94 valence electrons. The van der Waals surface area contributed by atoms with Gasteiger partial charge in [-0.15, -0.1) is 0 Å². The van der Waals surface area contributed by atoms with E-state index in [0.29, 0.717) is 6.61 Å². The van der Waals surface area contributed by atoms with Gasteiger partial charge in [0.15, 0.2) is 0 Å². The first-order chi connectivity index (χ1) is 7.26. The van der Waals surface area contributed by atoms with Gasteiger partial charge in [0, 0.05) is 0 Å². The summed E-state index contributed by atoms with van der Waals surface area (Å²) in [6.07, 6.45) is 0. The zero-order valence-electron chi connectivity index (χ0n) is 10.6. The summed E-state index contributed by atoms with van der Waals surface area (Å²) in [6.45, 7) is 9.10. The normalized spacial score (nSPS) is 13.1. The smallest absolute Gasteiger partial charge is 0.323 e. The molecular weight excluding hydrogens is 210 g/mol. The minimum atomic E-state index is -0.524. The molecule has 1 N–H and O–H groups in total. The van der Waals surface area contributed by atoms with Gasteiger partial charge in [-0.05, 0) is 34.6 Å². The Kier molecular flexibility index (Phi) is 6.03. The van der Waals surface area contributed by atoms with Crippen molar-refractivity contribution in [1.82, 2.24) is 5.32 Å². The summed E-state index contributed by atoms with van der Waals surface area (Å²) < 4.78 is 9.86. The molecule has 0 saturated carbocycles. The van der Waals surface area contributed by atoms with Crippen LogP contribution < -0.4 is 5.32 Å². The van der Waals surface area contributed by atoms with E-state index in [1.54, 1.807) is 34.6 Å². The predicted molar refractivity (Wildman–Crippen MR) is 59.9 cm³/mol. The standard InChI is InChI=1S/C11H21NO4/c1-6-15-9(13)7-12-8(2)10(14)16-11(3,4)5/h8,12H,6-7H2,1-5H3. The Balaban J connectivity index is 3.93. The first kappa shape index (κ1) is 14.9. The zero-order chi connectivity index (χ0) is 12.8. The number of hydrogen-bond acceptors (Lipinski definition) is 5. The van der Waals surface area contributed by atoms with Gasteiger partial charge in [-0.25, -0.2) is 0 Å². The van der Waals surface area contributed by atoms with Crippen molar-refractivity contribution in [3.63, 3.8) is 0 Å². The van der Waals surface area contributed by atoms with Crippen molar-refractivity contribution in [2.75, 3.05) is 13.2 Å². The molecule has 1 atom stereocenters. The molecule has 0 amide bonds. The van der Waals surface area contributed by atoms with Crippen LogP contribution in [0.5, 0.6) is 0 Å². The fourth-order valence-electron chi connectivity index (χ4n) is 0.922. The van der Waals surface area contributed by atoms with E-state index in [1.807, 2.05) is 0 Å². The van der Waals surface area contributed by atoms with Crippen LogP contribution in [0.25, 0.3) is 0 Å². The Morgan fingerprint density at radius 3 is 2.31 bits per heavy atom. The van der Waals surface area contributed by atoms with Gasteiger partial charge in [-0.1, -0.05) is 0 Å². The van der Waals surface area contributed by atoms with Gasteiger partial charge in [0.1, 0.15) is 11.6 Å². The summed E-state index contributed by atoms with van der Waals surface area (Å²) in [4.78, 5) is 22.5. The maximum Gasteiger partial charge on any atom is 0.323 e. The molecular formula is C11H21NO4. The fourth-order valence-corrected chi connectivity index (χ4v) is 0.922. The van der Waals surface area contributed by atoms with Crippen LogP contribution in [0.15, 0.2) is 0 Å². The molecule has 5 heteroatoms. The average Bonchev–Trinajstić information content (AvgIpc) is 2.11. The molecule has 0 fully saturated rings. The van der Waals surface area contributed by atoms with E-state index in [0.717, 1.165) is 0 Å². The molecule has 0 aliphatic rings. The highest BCUT2D eigenvalue weighted by Crippen LogP contribution is 2.08. The number of carbonyl (C=O) groups is 2. The summed E-state index contributed by atoms with van der Waals surface area (Å²) >= 11 is 0. The van der Waals surface area contributed by atoms with Crippen LogP contribution in [0.3, 0.4) is 0 Å². The topological polar surface area (TPSA) is 64.6 Å². The molecule has 16 heavy (non-hydrogen) atoms. The van der Waals surface area contributed by atoms with Crippen molar-refractivity contribution in [3.05, 3.63) is 0 Å². The van der Waals surface area contributed by atoms with Crippen molar-refractivity contribution in [2.45, 2.75) is 46.3 Å². The summed E-state index contributed by atoms with van der Waals surface area (Å²) in [6, 6.07) is -0.524. The van der Waals surface area contributed by atoms with Gasteiger partial charge >= 0.3 is 11.9 Å². The highest BCUT2D eigenvalue weighted by Gasteiger charge is 2.21. The van der Waals surface area contributed by atoms with E-state index in [9.17, 15) is 9.59 Å². The second kappa shape index (κ2) is 6.48. The minimum Gasteiger partial charge on any atom is -0.465 e. The quantitative estimate of drug-likeness (QED) is 0.711. The molecule has 0 rings (SSSR count). The number of nitrogens with one attached hydrogen (secondary N) is 1. The lowest BCUT2D eigenvalue weighted by atomic mass is 10.2. The van der Waals surface area contributed by atoms with Gasteiger partial charge in [0.05, 0.1) is 13.2 Å². The number of hydrogen-bond donors (Lipinski definition) is 1. The van der Waals surface area contributed by atoms with E-state index >= 15 is 0 Å². The molecule has 0 aromatic rings. The minimum absolute atomic E-state index is 0.00818. The van der Waals surface area contributed by atoms with Crippen molar-refractivity contribution >= 4 is 11.9 Å². The molecule has 1 unspecified atom stereocenters. The SMILES string of the molecule is CCOC(=O)CNC(C)C(=O)OC(C)(C)C. The van der Waals surface area contributed by atoms with Gasteiger partial charge in [0.25, 0.3) is 0 Å². The van der Waals surface area contributed by atoms with Crippen molar-refractivity contribution in [2.24, 2.45) is 0 Å². The highest BCUT2D eigenvalue weighted by atomic mass is 16.6. The number of carbonyl (C=O) groups excluding carboxylic acids is 2. The van der Waals surface area contributed by atoms with Crippen LogP contribution in [0.2, 0.25) is 0 Å². The number of rotatable bonds is 5. The lowest BCUT2D eigenvalue weighted by Gasteiger charge is -2.22. The zero-order valence-corrected chi connectivity index (χ0v) is 10.6. The fraction of sp³-hybridized carbons (Fsp3) is 0.818. The second-order valence-corrected chi connectivity index (χ2v) is 4.44. The lowest BCUT2D eigenvalue weighted by molar-refractivity contribution is -0.157. The highest BCUT2D eigenvalue weighted by molar-refractivity contribution is 5.77. The maximum absolute atomic E-state index is 11.5. The van der Waals surface area contributed by atoms with E-state index < -0.39 is 11.6 Å². The first-order valence-corrected chi connectivity index (χ1v) is 5.38. The van der Waals surface area contributed by atoms with Crippen LogP contribution in [0, 0.1) is 0 Å². The molecule has 0 aromatic carbocycles. The Morgan fingerprint density at radius 2 is 1.88 bits per heavy atom. The molecule has 0 aliphatic heterocycles. The molecule has 0 saturated heterocycles. The maximum atomic E-state index is 11.5. The largest absolute Gasteiger partial charge is 0.465 e. The third-order valence-electron chi connectivity index (χ3n) is 1.62. The van der Waals surface area contributed by atoms with Crippen molar-refractivity contribution in [3.8, 4) is 0 Å². The Bertz CT molecular complexity index is 245. The summed E-state index contributed by atoms with van der Waals surface area (Å²) in [5, 5.41) is 2.74. The van der Waals surface area contributed by atoms with Gasteiger partial charge in [-0.2, -0.15) is 0 Å². The molecule has 0 radical (unpaired) electrons. The summed E-state index contributed by atoms with van der Waals surface area (Å²) in [5.74, 6) is -0.755. The van der Waals surface area contributed by atoms with Crippen LogP contribution >= 0.6 is 0 Å². The molecule has 0 heterocycles. The van der Waals surface area contributed by atoms with Gasteiger partial charge in [0.2, 0.25) is 0 Å². The average molecular weight is 231 g/mol. The van der Waals surface area contributed by atoms with Crippen LogP contribution in [-0.2, 0) is 19.1 Å². The van der Waals surface area contributed by atoms with Crippen LogP contribution in [0.1, 0.15) is 34.6 Å². The number of esters is 2. The first-order valence-electron chi connectivity index (χ1n) is 5.38. The summed E-state index contributed by atoms with van der Waals surface area (Å²) in [5.41, 5.74) is -0.517. The Morgan fingerprint density at radius 1 is 1.31 bits per heavy atom. The lowest BCUT2D eigenvalue weighted by Crippen LogP contribution is -2.41. The van der Waals surface area contributed by atoms with E-state index in [4.69, 9.17) is 9.47 Å².